The zero-order valence-corrected chi connectivity index (χ0v) is 14.0. The Kier molecular flexibility index (Phi) is 2.93. The molecule has 1 aliphatic rings. The third-order valence-electron chi connectivity index (χ3n) is 4.79. The van der Waals surface area contributed by atoms with Gasteiger partial charge in [0.05, 0.1) is 16.8 Å². The number of benzene rings is 1. The number of pyridine rings is 1. The van der Waals surface area contributed by atoms with E-state index >= 15 is 0 Å². The van der Waals surface area contributed by atoms with E-state index in [1.165, 1.54) is 14.8 Å². The lowest BCUT2D eigenvalue weighted by Crippen LogP contribution is -2.41. The molecule has 0 spiro atoms. The van der Waals surface area contributed by atoms with E-state index in [4.69, 9.17) is 9.31 Å². The summed E-state index contributed by atoms with van der Waals surface area (Å²) in [4.78, 5) is 4.60. The van der Waals surface area contributed by atoms with Crippen LogP contribution in [0.5, 0.6) is 0 Å². The normalized spacial score (nSPS) is 20.1. The molecule has 0 aliphatic carbocycles. The average molecular weight is 311 g/mol. The van der Waals surface area contributed by atoms with Crippen LogP contribution in [0.1, 0.15) is 27.7 Å². The highest BCUT2D eigenvalue weighted by Crippen LogP contribution is 2.38. The Labute approximate surface area is 134 Å². The van der Waals surface area contributed by atoms with E-state index in [1.807, 2.05) is 6.20 Å². The summed E-state index contributed by atoms with van der Waals surface area (Å²) in [5.41, 5.74) is 0.175. The van der Waals surface area contributed by atoms with Gasteiger partial charge in [-0.05, 0) is 39.8 Å². The first kappa shape index (κ1) is 14.2. The van der Waals surface area contributed by atoms with Gasteiger partial charge in [-0.25, -0.2) is 0 Å². The monoisotopic (exact) mass is 311 g/mol. The molecule has 5 heteroatoms. The number of thiophene rings is 1. The van der Waals surface area contributed by atoms with Gasteiger partial charge in [-0.3, -0.25) is 4.98 Å². The summed E-state index contributed by atoms with van der Waals surface area (Å²) in [5.74, 6) is 0. The Balaban J connectivity index is 1.93. The third kappa shape index (κ3) is 1.93. The van der Waals surface area contributed by atoms with Gasteiger partial charge in [-0.2, -0.15) is 0 Å². The first-order chi connectivity index (χ1) is 10.4. The fraction of sp³-hybridized carbons (Fsp3) is 0.353. The fourth-order valence-corrected chi connectivity index (χ4v) is 3.94. The highest BCUT2D eigenvalue weighted by molar-refractivity contribution is 7.26. The summed E-state index contributed by atoms with van der Waals surface area (Å²) in [6, 6.07) is 10.5. The second kappa shape index (κ2) is 4.54. The Bertz CT molecular complexity index is 855. The summed E-state index contributed by atoms with van der Waals surface area (Å²) in [6.07, 6.45) is 1.85. The molecule has 0 saturated carbocycles. The molecular formula is C17H18BNO2S. The Morgan fingerprint density at radius 3 is 2.36 bits per heavy atom. The molecule has 1 fully saturated rings. The molecule has 112 valence electrons. The predicted octanol–water partition coefficient (Wildman–Crippen LogP) is 3.75. The molecular weight excluding hydrogens is 293 g/mol. The average Bonchev–Trinajstić information content (AvgIpc) is 2.93. The van der Waals surface area contributed by atoms with Gasteiger partial charge < -0.3 is 9.31 Å². The summed E-state index contributed by atoms with van der Waals surface area (Å²) < 4.78 is 14.9. The zero-order chi connectivity index (χ0) is 15.5. The molecule has 0 radical (unpaired) electrons. The van der Waals surface area contributed by atoms with Crippen LogP contribution in [0, 0.1) is 0 Å². The summed E-state index contributed by atoms with van der Waals surface area (Å²) >= 11 is 1.78. The molecule has 3 nitrogen and oxygen atoms in total. The Morgan fingerprint density at radius 2 is 1.64 bits per heavy atom. The third-order valence-corrected chi connectivity index (χ3v) is 5.93. The number of aromatic nitrogens is 1. The minimum absolute atomic E-state index is 0.354. The second-order valence-electron chi connectivity index (χ2n) is 6.76. The van der Waals surface area contributed by atoms with Crippen LogP contribution in [0.3, 0.4) is 0 Å². The highest BCUT2D eigenvalue weighted by Gasteiger charge is 2.52. The van der Waals surface area contributed by atoms with Gasteiger partial charge in [0.25, 0.3) is 0 Å². The molecule has 3 aromatic rings. The van der Waals surface area contributed by atoms with E-state index in [0.29, 0.717) is 0 Å². The van der Waals surface area contributed by atoms with Crippen LogP contribution in [0.2, 0.25) is 0 Å². The van der Waals surface area contributed by atoms with Crippen LogP contribution in [0.15, 0.2) is 36.5 Å². The molecule has 1 aromatic carbocycles. The lowest BCUT2D eigenvalue weighted by Gasteiger charge is -2.32. The van der Waals surface area contributed by atoms with Crippen LogP contribution in [-0.2, 0) is 9.31 Å². The van der Waals surface area contributed by atoms with Crippen molar-refractivity contribution in [2.24, 2.45) is 0 Å². The first-order valence-corrected chi connectivity index (χ1v) is 8.32. The maximum absolute atomic E-state index is 6.20. The smallest absolute Gasteiger partial charge is 0.398 e. The Morgan fingerprint density at radius 1 is 0.955 bits per heavy atom. The van der Waals surface area contributed by atoms with Crippen LogP contribution < -0.4 is 5.59 Å². The maximum atomic E-state index is 6.20. The lowest BCUT2D eigenvalue weighted by molar-refractivity contribution is 0.00578. The molecule has 0 N–H and O–H groups in total. The van der Waals surface area contributed by atoms with E-state index in [2.05, 4.69) is 63.0 Å². The van der Waals surface area contributed by atoms with Crippen molar-refractivity contribution in [3.8, 4) is 0 Å². The molecule has 0 atom stereocenters. The van der Waals surface area contributed by atoms with Crippen molar-refractivity contribution >= 4 is 44.2 Å². The summed E-state index contributed by atoms with van der Waals surface area (Å²) in [7, 11) is -0.424. The van der Waals surface area contributed by atoms with Crippen molar-refractivity contribution in [2.75, 3.05) is 0 Å². The van der Waals surface area contributed by atoms with Gasteiger partial charge in [0.15, 0.2) is 0 Å². The van der Waals surface area contributed by atoms with E-state index in [-0.39, 0.29) is 11.2 Å². The molecule has 1 saturated heterocycles. The molecule has 3 heterocycles. The van der Waals surface area contributed by atoms with E-state index < -0.39 is 7.12 Å². The van der Waals surface area contributed by atoms with Crippen molar-refractivity contribution in [2.45, 2.75) is 38.9 Å². The number of rotatable bonds is 1. The van der Waals surface area contributed by atoms with Crippen molar-refractivity contribution in [1.82, 2.24) is 4.98 Å². The predicted molar refractivity (Wildman–Crippen MR) is 92.8 cm³/mol. The molecule has 4 rings (SSSR count). The summed E-state index contributed by atoms with van der Waals surface area (Å²) in [5, 5.41) is 2.38. The van der Waals surface area contributed by atoms with Crippen LogP contribution in [-0.4, -0.2) is 23.3 Å². The van der Waals surface area contributed by atoms with E-state index in [9.17, 15) is 0 Å². The maximum Gasteiger partial charge on any atom is 0.515 e. The number of hydrogen-bond acceptors (Lipinski definition) is 4. The first-order valence-electron chi connectivity index (χ1n) is 7.51. The topological polar surface area (TPSA) is 31.4 Å². The molecule has 0 unspecified atom stereocenters. The lowest BCUT2D eigenvalue weighted by atomic mass is 9.81. The molecule has 22 heavy (non-hydrogen) atoms. The van der Waals surface area contributed by atoms with Gasteiger partial charge in [0.1, 0.15) is 0 Å². The van der Waals surface area contributed by atoms with Crippen molar-refractivity contribution in [1.29, 1.82) is 0 Å². The van der Waals surface area contributed by atoms with Gasteiger partial charge >= 0.3 is 7.12 Å². The second-order valence-corrected chi connectivity index (χ2v) is 7.84. The molecule has 2 aromatic heterocycles. The van der Waals surface area contributed by atoms with Crippen molar-refractivity contribution < 1.29 is 9.31 Å². The zero-order valence-electron chi connectivity index (χ0n) is 13.2. The highest BCUT2D eigenvalue weighted by atomic mass is 32.1. The van der Waals surface area contributed by atoms with Crippen molar-refractivity contribution in [3.05, 3.63) is 36.5 Å². The quantitative estimate of drug-likeness (QED) is 0.641. The standard InChI is InChI=1S/C17H18BNO2S/c1-16(2)17(3,4)21-18(20-16)15-14-11-7-5-6-8-12(11)22-13(14)9-10-19-15/h5-10H,1-4H3. The van der Waals surface area contributed by atoms with E-state index in [0.717, 1.165) is 11.0 Å². The summed E-state index contributed by atoms with van der Waals surface area (Å²) in [6.45, 7) is 8.27. The van der Waals surface area contributed by atoms with Gasteiger partial charge in [0, 0.05) is 26.4 Å². The minimum atomic E-state index is -0.424. The van der Waals surface area contributed by atoms with Gasteiger partial charge in [-0.1, -0.05) is 18.2 Å². The van der Waals surface area contributed by atoms with Gasteiger partial charge in [-0.15, -0.1) is 11.3 Å². The van der Waals surface area contributed by atoms with E-state index in [1.54, 1.807) is 11.3 Å². The van der Waals surface area contributed by atoms with Crippen molar-refractivity contribution in [3.63, 3.8) is 0 Å². The number of fused-ring (bicyclic) bond motifs is 3. The molecule has 0 amide bonds. The largest absolute Gasteiger partial charge is 0.515 e. The fourth-order valence-electron chi connectivity index (χ4n) is 2.83. The Hall–Kier alpha value is -1.43. The van der Waals surface area contributed by atoms with Gasteiger partial charge in [0.2, 0.25) is 0 Å². The molecule has 1 aliphatic heterocycles. The van der Waals surface area contributed by atoms with Crippen LogP contribution in [0.4, 0.5) is 0 Å². The molecule has 0 bridgehead atoms. The number of hydrogen-bond donors (Lipinski definition) is 0. The SMILES string of the molecule is CC1(C)OB(c2nccc3sc4ccccc4c23)OC1(C)C. The minimum Gasteiger partial charge on any atom is -0.398 e. The number of nitrogens with zero attached hydrogens (tertiary/aromatic N) is 1. The van der Waals surface area contributed by atoms with Crippen LogP contribution >= 0.6 is 11.3 Å². The van der Waals surface area contributed by atoms with Crippen LogP contribution in [0.25, 0.3) is 20.2 Å².